The van der Waals surface area contributed by atoms with Gasteiger partial charge in [-0.15, -0.1) is 0 Å². The molecule has 1 aromatic carbocycles. The molecule has 0 aliphatic heterocycles. The molecule has 0 N–H and O–H groups in total. The van der Waals surface area contributed by atoms with Crippen LogP contribution < -0.4 is 0 Å². The van der Waals surface area contributed by atoms with Crippen molar-refractivity contribution < 1.29 is 0 Å². The van der Waals surface area contributed by atoms with Crippen LogP contribution in [0.25, 0.3) is 0 Å². The van der Waals surface area contributed by atoms with Crippen molar-refractivity contribution >= 4 is 11.6 Å². The van der Waals surface area contributed by atoms with Crippen molar-refractivity contribution in [3.8, 4) is 0 Å². The second kappa shape index (κ2) is 7.48. The standard InChI is InChI=1S/C14H20ClN/c1-3-16(4-2)12-6-5-7-13-8-10-14(15)11-9-13/h5-6,8-11H,3-4,7,12H2,1-2H3/b6-5+. The SMILES string of the molecule is CCN(CC)C/C=C/Cc1ccc(Cl)cc1. The summed E-state index contributed by atoms with van der Waals surface area (Å²) in [5, 5.41) is 0.802. The molecule has 0 bridgehead atoms. The highest BCUT2D eigenvalue weighted by Gasteiger charge is 1.94. The third-order valence-corrected chi connectivity index (χ3v) is 2.94. The third-order valence-electron chi connectivity index (χ3n) is 2.69. The summed E-state index contributed by atoms with van der Waals surface area (Å²) in [5.74, 6) is 0. The van der Waals surface area contributed by atoms with Gasteiger partial charge in [0.05, 0.1) is 0 Å². The monoisotopic (exact) mass is 237 g/mol. The molecule has 0 saturated heterocycles. The molecule has 0 radical (unpaired) electrons. The number of allylic oxidation sites excluding steroid dienone is 1. The summed E-state index contributed by atoms with van der Waals surface area (Å²) in [6.45, 7) is 7.65. The fourth-order valence-electron chi connectivity index (χ4n) is 1.55. The number of halogens is 1. The molecule has 1 nitrogen and oxygen atoms in total. The summed E-state index contributed by atoms with van der Waals surface area (Å²) in [4.78, 5) is 2.39. The van der Waals surface area contributed by atoms with E-state index in [2.05, 4.69) is 43.0 Å². The van der Waals surface area contributed by atoms with Crippen LogP contribution in [-0.4, -0.2) is 24.5 Å². The molecule has 0 unspecified atom stereocenters. The Morgan fingerprint density at radius 1 is 1.06 bits per heavy atom. The zero-order chi connectivity index (χ0) is 11.8. The van der Waals surface area contributed by atoms with E-state index < -0.39 is 0 Å². The Labute approximate surface area is 104 Å². The Balaban J connectivity index is 2.33. The van der Waals surface area contributed by atoms with E-state index in [1.165, 1.54) is 5.56 Å². The lowest BCUT2D eigenvalue weighted by atomic mass is 10.1. The topological polar surface area (TPSA) is 3.24 Å². The summed E-state index contributed by atoms with van der Waals surface area (Å²) >= 11 is 5.83. The normalized spacial score (nSPS) is 11.5. The molecule has 88 valence electrons. The first kappa shape index (κ1) is 13.3. The fraction of sp³-hybridized carbons (Fsp3) is 0.429. The molecule has 1 aromatic rings. The number of benzene rings is 1. The van der Waals surface area contributed by atoms with Crippen molar-refractivity contribution in [2.75, 3.05) is 19.6 Å². The summed E-state index contributed by atoms with van der Waals surface area (Å²) in [7, 11) is 0. The minimum atomic E-state index is 0.802. The molecule has 0 fully saturated rings. The molecule has 16 heavy (non-hydrogen) atoms. The van der Waals surface area contributed by atoms with E-state index in [4.69, 9.17) is 11.6 Å². The van der Waals surface area contributed by atoms with Gasteiger partial charge < -0.3 is 4.90 Å². The van der Waals surface area contributed by atoms with Crippen LogP contribution in [0, 0.1) is 0 Å². The van der Waals surface area contributed by atoms with Gasteiger partial charge in [-0.05, 0) is 37.2 Å². The van der Waals surface area contributed by atoms with Crippen LogP contribution in [0.15, 0.2) is 36.4 Å². The lowest BCUT2D eigenvalue weighted by molar-refractivity contribution is 0.337. The third kappa shape index (κ3) is 4.82. The molecule has 0 aliphatic rings. The highest BCUT2D eigenvalue weighted by molar-refractivity contribution is 6.30. The zero-order valence-electron chi connectivity index (χ0n) is 10.1. The maximum atomic E-state index is 5.83. The maximum Gasteiger partial charge on any atom is 0.0406 e. The lowest BCUT2D eigenvalue weighted by Crippen LogP contribution is -2.22. The Morgan fingerprint density at radius 3 is 2.25 bits per heavy atom. The van der Waals surface area contributed by atoms with Gasteiger partial charge in [-0.1, -0.05) is 49.7 Å². The van der Waals surface area contributed by atoms with Crippen LogP contribution >= 0.6 is 11.6 Å². The van der Waals surface area contributed by atoms with Gasteiger partial charge in [0, 0.05) is 11.6 Å². The quantitative estimate of drug-likeness (QED) is 0.681. The maximum absolute atomic E-state index is 5.83. The number of rotatable bonds is 6. The predicted molar refractivity (Wildman–Crippen MR) is 72.1 cm³/mol. The second-order valence-corrected chi connectivity index (χ2v) is 4.22. The molecular formula is C14H20ClN. The second-order valence-electron chi connectivity index (χ2n) is 3.79. The zero-order valence-corrected chi connectivity index (χ0v) is 10.9. The van der Waals surface area contributed by atoms with Crippen LogP contribution in [0.1, 0.15) is 19.4 Å². The summed E-state index contributed by atoms with van der Waals surface area (Å²) in [5.41, 5.74) is 1.31. The predicted octanol–water partition coefficient (Wildman–Crippen LogP) is 3.78. The highest BCUT2D eigenvalue weighted by atomic mass is 35.5. The van der Waals surface area contributed by atoms with Crippen molar-refractivity contribution in [3.05, 3.63) is 47.0 Å². The average molecular weight is 238 g/mol. The molecule has 0 aromatic heterocycles. The summed E-state index contributed by atoms with van der Waals surface area (Å²) in [6, 6.07) is 8.03. The number of hydrogen-bond donors (Lipinski definition) is 0. The Hall–Kier alpha value is -0.790. The van der Waals surface area contributed by atoms with Crippen molar-refractivity contribution in [3.63, 3.8) is 0 Å². The highest BCUT2D eigenvalue weighted by Crippen LogP contribution is 2.10. The van der Waals surface area contributed by atoms with Crippen molar-refractivity contribution in [2.45, 2.75) is 20.3 Å². The van der Waals surface area contributed by atoms with E-state index in [1.54, 1.807) is 0 Å². The van der Waals surface area contributed by atoms with Crippen LogP contribution in [0.3, 0.4) is 0 Å². The van der Waals surface area contributed by atoms with Gasteiger partial charge in [-0.25, -0.2) is 0 Å². The van der Waals surface area contributed by atoms with E-state index in [0.29, 0.717) is 0 Å². The molecule has 0 aliphatic carbocycles. The van der Waals surface area contributed by atoms with Gasteiger partial charge in [-0.3, -0.25) is 0 Å². The van der Waals surface area contributed by atoms with E-state index in [0.717, 1.165) is 31.1 Å². The molecule has 2 heteroatoms. The van der Waals surface area contributed by atoms with Crippen molar-refractivity contribution in [1.29, 1.82) is 0 Å². The van der Waals surface area contributed by atoms with Crippen LogP contribution in [0.5, 0.6) is 0 Å². The van der Waals surface area contributed by atoms with E-state index >= 15 is 0 Å². The van der Waals surface area contributed by atoms with Crippen LogP contribution in [0.2, 0.25) is 5.02 Å². The number of nitrogens with zero attached hydrogens (tertiary/aromatic N) is 1. The minimum absolute atomic E-state index is 0.802. The summed E-state index contributed by atoms with van der Waals surface area (Å²) < 4.78 is 0. The van der Waals surface area contributed by atoms with Gasteiger partial charge in [0.15, 0.2) is 0 Å². The molecule has 0 atom stereocenters. The first-order chi connectivity index (χ1) is 7.76. The van der Waals surface area contributed by atoms with E-state index in [-0.39, 0.29) is 0 Å². The Bertz CT molecular complexity index is 312. The first-order valence-electron chi connectivity index (χ1n) is 5.88. The summed E-state index contributed by atoms with van der Waals surface area (Å²) in [6.07, 6.45) is 5.45. The van der Waals surface area contributed by atoms with Crippen molar-refractivity contribution in [1.82, 2.24) is 4.90 Å². The van der Waals surface area contributed by atoms with E-state index in [9.17, 15) is 0 Å². The van der Waals surface area contributed by atoms with Gasteiger partial charge >= 0.3 is 0 Å². The van der Waals surface area contributed by atoms with Gasteiger partial charge in [-0.2, -0.15) is 0 Å². The lowest BCUT2D eigenvalue weighted by Gasteiger charge is -2.14. The smallest absolute Gasteiger partial charge is 0.0406 e. The molecule has 0 saturated carbocycles. The molecule has 0 heterocycles. The largest absolute Gasteiger partial charge is 0.300 e. The molecule has 0 amide bonds. The minimum Gasteiger partial charge on any atom is -0.300 e. The fourth-order valence-corrected chi connectivity index (χ4v) is 1.67. The Kier molecular flexibility index (Phi) is 6.20. The average Bonchev–Trinajstić information content (AvgIpc) is 2.32. The number of likely N-dealkylation sites (N-methyl/N-ethyl adjacent to an activating group) is 1. The number of hydrogen-bond acceptors (Lipinski definition) is 1. The Morgan fingerprint density at radius 2 is 1.69 bits per heavy atom. The van der Waals surface area contributed by atoms with Crippen LogP contribution in [-0.2, 0) is 6.42 Å². The van der Waals surface area contributed by atoms with Gasteiger partial charge in [0.25, 0.3) is 0 Å². The van der Waals surface area contributed by atoms with Gasteiger partial charge in [0.1, 0.15) is 0 Å². The molecule has 1 rings (SSSR count). The molecular weight excluding hydrogens is 218 g/mol. The van der Waals surface area contributed by atoms with Crippen LogP contribution in [0.4, 0.5) is 0 Å². The van der Waals surface area contributed by atoms with Crippen molar-refractivity contribution in [2.24, 2.45) is 0 Å². The molecule has 0 spiro atoms. The van der Waals surface area contributed by atoms with E-state index in [1.807, 2.05) is 12.1 Å². The first-order valence-corrected chi connectivity index (χ1v) is 6.25. The van der Waals surface area contributed by atoms with Gasteiger partial charge in [0.2, 0.25) is 0 Å².